The summed E-state index contributed by atoms with van der Waals surface area (Å²) in [5.74, 6) is 0.503. The molecular weight excluding hydrogens is 264 g/mol. The monoisotopic (exact) mass is 297 g/mol. The third-order valence-electron chi connectivity index (χ3n) is 4.19. The number of carbonyl (C=O) groups excluding carboxylic acids is 1. The van der Waals surface area contributed by atoms with Gasteiger partial charge in [-0.2, -0.15) is 0 Å². The quantitative estimate of drug-likeness (QED) is 0.391. The van der Waals surface area contributed by atoms with Crippen LogP contribution in [0.2, 0.25) is 0 Å². The van der Waals surface area contributed by atoms with E-state index in [1.807, 2.05) is 14.1 Å². The van der Waals surface area contributed by atoms with Crippen LogP contribution in [0.4, 0.5) is 0 Å². The fourth-order valence-corrected chi connectivity index (χ4v) is 3.45. The van der Waals surface area contributed by atoms with Crippen LogP contribution >= 0.6 is 0 Å². The van der Waals surface area contributed by atoms with E-state index in [1.54, 1.807) is 0 Å². The summed E-state index contributed by atoms with van der Waals surface area (Å²) in [7, 11) is 8.52. The number of hydrogen-bond donors (Lipinski definition) is 0. The first kappa shape index (κ1) is 18.2. The number of ether oxygens (including phenoxy) is 1. The topological polar surface area (TPSA) is 29.5 Å². The highest BCUT2D eigenvalue weighted by Crippen LogP contribution is 2.25. The molecule has 1 aliphatic rings. The van der Waals surface area contributed by atoms with Crippen LogP contribution < -0.4 is 0 Å². The van der Waals surface area contributed by atoms with Crippen LogP contribution in [0.1, 0.15) is 32.1 Å². The van der Waals surface area contributed by atoms with E-state index in [0.717, 1.165) is 23.5 Å². The molecule has 1 rings (SSSR count). The van der Waals surface area contributed by atoms with E-state index in [0.29, 0.717) is 0 Å². The molecule has 4 nitrogen and oxygen atoms in total. The maximum absolute atomic E-state index is 11.5. The Bertz CT molecular complexity index is 334. The Morgan fingerprint density at radius 3 is 2.48 bits per heavy atom. The molecule has 0 radical (unpaired) electrons. The number of hydrogen-bond acceptors (Lipinski definition) is 3. The van der Waals surface area contributed by atoms with E-state index >= 15 is 0 Å². The van der Waals surface area contributed by atoms with Gasteiger partial charge in [0.15, 0.2) is 6.10 Å². The summed E-state index contributed by atoms with van der Waals surface area (Å²) in [6, 6.07) is 0. The Morgan fingerprint density at radius 2 is 1.95 bits per heavy atom. The molecule has 1 saturated carbocycles. The van der Waals surface area contributed by atoms with Gasteiger partial charge in [0.1, 0.15) is 6.54 Å². The van der Waals surface area contributed by atoms with Gasteiger partial charge < -0.3 is 14.1 Å². The highest BCUT2D eigenvalue weighted by molar-refractivity contribution is 5.81. The molecule has 0 aliphatic heterocycles. The smallest absolute Gasteiger partial charge is 0.330 e. The average Bonchev–Trinajstić information content (AvgIpc) is 2.37. The van der Waals surface area contributed by atoms with Gasteiger partial charge in [-0.25, -0.2) is 4.79 Å². The van der Waals surface area contributed by atoms with E-state index in [2.05, 4.69) is 25.6 Å². The predicted octanol–water partition coefficient (Wildman–Crippen LogP) is 2.30. The largest absolute Gasteiger partial charge is 0.452 e. The normalized spacial score (nSPS) is 18.5. The maximum Gasteiger partial charge on any atom is 0.330 e. The van der Waals surface area contributed by atoms with Crippen molar-refractivity contribution in [1.82, 2.24) is 4.90 Å². The maximum atomic E-state index is 11.5. The van der Waals surface area contributed by atoms with Crippen LogP contribution in [0, 0.1) is 5.92 Å². The molecule has 1 atom stereocenters. The molecule has 0 spiro atoms. The second-order valence-corrected chi connectivity index (χ2v) is 7.33. The Kier molecular flexibility index (Phi) is 7.40. The van der Waals surface area contributed by atoms with E-state index in [-0.39, 0.29) is 12.1 Å². The predicted molar refractivity (Wildman–Crippen MR) is 87.0 cm³/mol. The SMILES string of the molecule is C=CC(=O)OC(CN(C)C)C[N+](C)(C)CC1CCCCC1. The first-order chi connectivity index (χ1) is 9.82. The Morgan fingerprint density at radius 1 is 1.33 bits per heavy atom. The standard InChI is InChI=1S/C17H33N2O2/c1-6-17(20)21-16(12-18(2)3)14-19(4,5)13-15-10-8-7-9-11-15/h6,15-16H,1,7-14H2,2-5H3/q+1. The molecule has 0 amide bonds. The summed E-state index contributed by atoms with van der Waals surface area (Å²) in [6.07, 6.45) is 8.02. The zero-order chi connectivity index (χ0) is 15.9. The molecular formula is C17H33N2O2+. The Hall–Kier alpha value is -0.870. The highest BCUT2D eigenvalue weighted by atomic mass is 16.5. The zero-order valence-electron chi connectivity index (χ0n) is 14.3. The molecule has 122 valence electrons. The van der Waals surface area contributed by atoms with Crippen LogP contribution in [-0.4, -0.2) is 69.3 Å². The minimum atomic E-state index is -0.320. The minimum absolute atomic E-state index is 0.0795. The van der Waals surface area contributed by atoms with Crippen molar-refractivity contribution in [2.24, 2.45) is 5.92 Å². The van der Waals surface area contributed by atoms with E-state index < -0.39 is 0 Å². The van der Waals surface area contributed by atoms with Crippen LogP contribution in [0.3, 0.4) is 0 Å². The lowest BCUT2D eigenvalue weighted by Crippen LogP contribution is -2.51. The lowest BCUT2D eigenvalue weighted by atomic mass is 9.88. The first-order valence-electron chi connectivity index (χ1n) is 8.12. The van der Waals surface area contributed by atoms with Gasteiger partial charge in [-0.1, -0.05) is 25.8 Å². The molecule has 0 aromatic heterocycles. The summed E-state index contributed by atoms with van der Waals surface area (Å²) in [6.45, 7) is 6.28. The number of rotatable bonds is 8. The average molecular weight is 297 g/mol. The Labute approximate surface area is 130 Å². The first-order valence-corrected chi connectivity index (χ1v) is 8.12. The third kappa shape index (κ3) is 7.63. The van der Waals surface area contributed by atoms with Crippen LogP contribution in [-0.2, 0) is 9.53 Å². The molecule has 1 unspecified atom stereocenters. The van der Waals surface area contributed by atoms with Crippen molar-refractivity contribution in [2.45, 2.75) is 38.2 Å². The number of likely N-dealkylation sites (N-methyl/N-ethyl adjacent to an activating group) is 2. The van der Waals surface area contributed by atoms with Crippen molar-refractivity contribution in [2.75, 3.05) is 47.8 Å². The number of carbonyl (C=O) groups is 1. The van der Waals surface area contributed by atoms with Crippen molar-refractivity contribution in [1.29, 1.82) is 0 Å². The van der Waals surface area contributed by atoms with Gasteiger partial charge in [0.25, 0.3) is 0 Å². The molecule has 0 heterocycles. The molecule has 0 bridgehead atoms. The summed E-state index contributed by atoms with van der Waals surface area (Å²) < 4.78 is 6.43. The van der Waals surface area contributed by atoms with Gasteiger partial charge in [-0.3, -0.25) is 0 Å². The highest BCUT2D eigenvalue weighted by Gasteiger charge is 2.28. The number of quaternary nitrogens is 1. The van der Waals surface area contributed by atoms with Gasteiger partial charge in [-0.15, -0.1) is 0 Å². The van der Waals surface area contributed by atoms with Crippen LogP contribution in [0.25, 0.3) is 0 Å². The lowest BCUT2D eigenvalue weighted by molar-refractivity contribution is -0.896. The molecule has 0 N–H and O–H groups in total. The van der Waals surface area contributed by atoms with Crippen molar-refractivity contribution in [3.05, 3.63) is 12.7 Å². The van der Waals surface area contributed by atoms with Gasteiger partial charge in [0.05, 0.1) is 20.6 Å². The van der Waals surface area contributed by atoms with Crippen LogP contribution in [0.5, 0.6) is 0 Å². The van der Waals surface area contributed by atoms with Crippen LogP contribution in [0.15, 0.2) is 12.7 Å². The van der Waals surface area contributed by atoms with Crippen molar-refractivity contribution < 1.29 is 14.0 Å². The van der Waals surface area contributed by atoms with E-state index in [1.165, 1.54) is 44.7 Å². The second-order valence-electron chi connectivity index (χ2n) is 7.33. The molecule has 0 saturated heterocycles. The van der Waals surface area contributed by atoms with Crippen molar-refractivity contribution in [3.8, 4) is 0 Å². The molecule has 21 heavy (non-hydrogen) atoms. The molecule has 0 aromatic rings. The van der Waals surface area contributed by atoms with Crippen molar-refractivity contribution in [3.63, 3.8) is 0 Å². The summed E-state index contributed by atoms with van der Waals surface area (Å²) in [5.41, 5.74) is 0. The number of esters is 1. The molecule has 0 aromatic carbocycles. The minimum Gasteiger partial charge on any atom is -0.452 e. The van der Waals surface area contributed by atoms with Gasteiger partial charge in [0, 0.05) is 18.5 Å². The zero-order valence-corrected chi connectivity index (χ0v) is 14.3. The molecule has 1 aliphatic carbocycles. The third-order valence-corrected chi connectivity index (χ3v) is 4.19. The van der Waals surface area contributed by atoms with E-state index in [4.69, 9.17) is 4.74 Å². The van der Waals surface area contributed by atoms with Gasteiger partial charge >= 0.3 is 5.97 Å². The molecule has 4 heteroatoms. The number of nitrogens with zero attached hydrogens (tertiary/aromatic N) is 2. The fraction of sp³-hybridized carbons (Fsp3) is 0.824. The van der Waals surface area contributed by atoms with E-state index in [9.17, 15) is 4.79 Å². The summed E-state index contributed by atoms with van der Waals surface area (Å²) in [4.78, 5) is 13.6. The van der Waals surface area contributed by atoms with Gasteiger partial charge in [-0.05, 0) is 26.9 Å². The van der Waals surface area contributed by atoms with Gasteiger partial charge in [0.2, 0.25) is 0 Å². The van der Waals surface area contributed by atoms with Crippen molar-refractivity contribution >= 4 is 5.97 Å². The fourth-order valence-electron chi connectivity index (χ4n) is 3.45. The molecule has 1 fully saturated rings. The second kappa shape index (κ2) is 8.54. The lowest BCUT2D eigenvalue weighted by Gasteiger charge is -2.37. The summed E-state index contributed by atoms with van der Waals surface area (Å²) >= 11 is 0. The Balaban J connectivity index is 2.56. The summed E-state index contributed by atoms with van der Waals surface area (Å²) in [5, 5.41) is 0.